The van der Waals surface area contributed by atoms with Crippen LogP contribution in [0.3, 0.4) is 0 Å². The first-order valence-corrected chi connectivity index (χ1v) is 7.52. The molecule has 1 unspecified atom stereocenters. The Morgan fingerprint density at radius 2 is 1.90 bits per heavy atom. The van der Waals surface area contributed by atoms with Gasteiger partial charge in [0.1, 0.15) is 5.60 Å². The Morgan fingerprint density at radius 3 is 2.50 bits per heavy atom. The number of aryl methyl sites for hydroxylation is 2. The van der Waals surface area contributed by atoms with Crippen molar-refractivity contribution in [3.8, 4) is 0 Å². The van der Waals surface area contributed by atoms with Gasteiger partial charge < -0.3 is 4.74 Å². The van der Waals surface area contributed by atoms with E-state index in [1.165, 1.54) is 11.1 Å². The van der Waals surface area contributed by atoms with Gasteiger partial charge in [-0.05, 0) is 56.6 Å². The maximum Gasteiger partial charge on any atom is 0.333 e. The van der Waals surface area contributed by atoms with Gasteiger partial charge in [-0.1, -0.05) is 37.8 Å². The molecule has 0 aromatic heterocycles. The molecule has 0 heterocycles. The summed E-state index contributed by atoms with van der Waals surface area (Å²) in [6.07, 6.45) is 5.83. The highest BCUT2D eigenvalue weighted by Crippen LogP contribution is 2.33. The summed E-state index contributed by atoms with van der Waals surface area (Å²) in [5.74, 6) is -0.249. The van der Waals surface area contributed by atoms with E-state index in [1.807, 2.05) is 0 Å². The Bertz CT molecular complexity index is 504. The lowest BCUT2D eigenvalue weighted by molar-refractivity contribution is -0.157. The zero-order valence-corrected chi connectivity index (χ0v) is 12.6. The maximum atomic E-state index is 11.9. The Kier molecular flexibility index (Phi) is 4.64. The van der Waals surface area contributed by atoms with Crippen molar-refractivity contribution in [2.24, 2.45) is 0 Å². The third kappa shape index (κ3) is 3.30. The van der Waals surface area contributed by atoms with Crippen LogP contribution in [0.4, 0.5) is 0 Å². The zero-order valence-electron chi connectivity index (χ0n) is 12.6. The van der Waals surface area contributed by atoms with Crippen LogP contribution in [0.25, 0.3) is 0 Å². The van der Waals surface area contributed by atoms with E-state index in [-0.39, 0.29) is 11.6 Å². The number of benzene rings is 1. The van der Waals surface area contributed by atoms with Crippen molar-refractivity contribution in [1.29, 1.82) is 0 Å². The molecule has 0 aliphatic heterocycles. The van der Waals surface area contributed by atoms with Crippen molar-refractivity contribution in [1.82, 2.24) is 0 Å². The Labute approximate surface area is 121 Å². The monoisotopic (exact) mass is 272 g/mol. The van der Waals surface area contributed by atoms with E-state index in [9.17, 15) is 4.79 Å². The van der Waals surface area contributed by atoms with Gasteiger partial charge in [-0.15, -0.1) is 0 Å². The van der Waals surface area contributed by atoms with Crippen LogP contribution in [-0.4, -0.2) is 11.6 Å². The van der Waals surface area contributed by atoms with Gasteiger partial charge in [-0.2, -0.15) is 0 Å². The molecule has 108 valence electrons. The molecule has 0 bridgehead atoms. The highest BCUT2D eigenvalue weighted by atomic mass is 16.6. The number of hydrogen-bond donors (Lipinski definition) is 0. The van der Waals surface area contributed by atoms with Crippen molar-refractivity contribution in [2.45, 2.75) is 58.0 Å². The third-order valence-electron chi connectivity index (χ3n) is 4.35. The predicted molar refractivity (Wildman–Crippen MR) is 81.6 cm³/mol. The molecule has 1 aromatic carbocycles. The van der Waals surface area contributed by atoms with Gasteiger partial charge in [0.25, 0.3) is 0 Å². The van der Waals surface area contributed by atoms with Crippen LogP contribution in [0.5, 0.6) is 0 Å². The van der Waals surface area contributed by atoms with Crippen LogP contribution in [0, 0.1) is 0 Å². The van der Waals surface area contributed by atoms with E-state index < -0.39 is 0 Å². The molecule has 0 fully saturated rings. The number of fused-ring (bicyclic) bond motifs is 1. The first-order valence-electron chi connectivity index (χ1n) is 7.52. The lowest BCUT2D eigenvalue weighted by Crippen LogP contribution is -2.36. The zero-order chi connectivity index (χ0) is 14.6. The number of ether oxygens (including phenoxy) is 1. The van der Waals surface area contributed by atoms with Crippen LogP contribution in [0.15, 0.2) is 36.4 Å². The summed E-state index contributed by atoms with van der Waals surface area (Å²) in [6, 6.07) is 8.61. The van der Waals surface area contributed by atoms with E-state index in [4.69, 9.17) is 4.74 Å². The Hall–Kier alpha value is -1.57. The SMILES string of the molecule is C=C(C)C(=O)OC1(CC)CCCc2ccccc2CC1. The molecule has 0 N–H and O–H groups in total. The normalized spacial score (nSPS) is 22.3. The van der Waals surface area contributed by atoms with Crippen molar-refractivity contribution < 1.29 is 9.53 Å². The summed E-state index contributed by atoms with van der Waals surface area (Å²) in [5, 5.41) is 0. The summed E-state index contributed by atoms with van der Waals surface area (Å²) in [5.41, 5.74) is 3.02. The van der Waals surface area contributed by atoms with E-state index in [1.54, 1.807) is 6.92 Å². The quantitative estimate of drug-likeness (QED) is 0.608. The van der Waals surface area contributed by atoms with Crippen LogP contribution >= 0.6 is 0 Å². The molecule has 2 nitrogen and oxygen atoms in total. The van der Waals surface area contributed by atoms with Gasteiger partial charge in [-0.25, -0.2) is 4.79 Å². The Balaban J connectivity index is 2.16. The second-order valence-corrected chi connectivity index (χ2v) is 5.83. The molecule has 0 saturated heterocycles. The molecule has 0 amide bonds. The number of carbonyl (C=O) groups is 1. The second-order valence-electron chi connectivity index (χ2n) is 5.83. The van der Waals surface area contributed by atoms with Gasteiger partial charge >= 0.3 is 5.97 Å². The summed E-state index contributed by atoms with van der Waals surface area (Å²) in [4.78, 5) is 11.9. The van der Waals surface area contributed by atoms with Crippen LogP contribution in [-0.2, 0) is 22.4 Å². The van der Waals surface area contributed by atoms with Gasteiger partial charge in [-0.3, -0.25) is 0 Å². The minimum Gasteiger partial charge on any atom is -0.456 e. The van der Waals surface area contributed by atoms with E-state index in [2.05, 4.69) is 37.8 Å². The lowest BCUT2D eigenvalue weighted by atomic mass is 9.82. The standard InChI is InChI=1S/C18H24O2/c1-4-18(20-17(19)14(2)3)12-7-10-15-8-5-6-9-16(15)11-13-18/h5-6,8-9H,2,4,7,10-13H2,1,3H3. The summed E-state index contributed by atoms with van der Waals surface area (Å²) in [7, 11) is 0. The van der Waals surface area contributed by atoms with Gasteiger partial charge in [0.05, 0.1) is 0 Å². The fourth-order valence-corrected chi connectivity index (χ4v) is 2.95. The predicted octanol–water partition coefficient (Wildman–Crippen LogP) is 4.22. The van der Waals surface area contributed by atoms with Crippen molar-refractivity contribution >= 4 is 5.97 Å². The van der Waals surface area contributed by atoms with E-state index in [0.717, 1.165) is 38.5 Å². The number of rotatable bonds is 3. The maximum absolute atomic E-state index is 11.9. The van der Waals surface area contributed by atoms with Crippen LogP contribution < -0.4 is 0 Å². The van der Waals surface area contributed by atoms with Gasteiger partial charge in [0.2, 0.25) is 0 Å². The molecular formula is C18H24O2. The summed E-state index contributed by atoms with van der Waals surface area (Å²) in [6.45, 7) is 7.51. The smallest absolute Gasteiger partial charge is 0.333 e. The minimum atomic E-state index is -0.316. The molecule has 0 saturated carbocycles. The molecule has 1 atom stereocenters. The van der Waals surface area contributed by atoms with E-state index >= 15 is 0 Å². The molecule has 1 aliphatic rings. The first-order chi connectivity index (χ1) is 9.56. The van der Waals surface area contributed by atoms with Gasteiger partial charge in [0.15, 0.2) is 0 Å². The molecule has 2 heteroatoms. The topological polar surface area (TPSA) is 26.3 Å². The van der Waals surface area contributed by atoms with Crippen molar-refractivity contribution in [2.75, 3.05) is 0 Å². The fourth-order valence-electron chi connectivity index (χ4n) is 2.95. The number of esters is 1. The number of hydrogen-bond acceptors (Lipinski definition) is 2. The molecule has 1 aliphatic carbocycles. The number of carbonyl (C=O) groups excluding carboxylic acids is 1. The van der Waals surface area contributed by atoms with Crippen molar-refractivity contribution in [3.63, 3.8) is 0 Å². The highest BCUT2D eigenvalue weighted by molar-refractivity contribution is 5.87. The molecule has 2 rings (SSSR count). The molecule has 20 heavy (non-hydrogen) atoms. The van der Waals surface area contributed by atoms with Gasteiger partial charge in [0, 0.05) is 5.57 Å². The molecule has 1 aromatic rings. The molecule has 0 spiro atoms. The second kappa shape index (κ2) is 6.25. The average Bonchev–Trinajstić information content (AvgIpc) is 2.43. The molecular weight excluding hydrogens is 248 g/mol. The average molecular weight is 272 g/mol. The van der Waals surface area contributed by atoms with E-state index in [0.29, 0.717) is 5.57 Å². The highest BCUT2D eigenvalue weighted by Gasteiger charge is 2.33. The minimum absolute atomic E-state index is 0.249. The summed E-state index contributed by atoms with van der Waals surface area (Å²) >= 11 is 0. The molecule has 0 radical (unpaired) electrons. The Morgan fingerprint density at radius 1 is 1.25 bits per heavy atom. The largest absolute Gasteiger partial charge is 0.456 e. The lowest BCUT2D eigenvalue weighted by Gasteiger charge is -2.34. The fraction of sp³-hybridized carbons (Fsp3) is 0.500. The summed E-state index contributed by atoms with van der Waals surface area (Å²) < 4.78 is 5.80. The third-order valence-corrected chi connectivity index (χ3v) is 4.35. The first kappa shape index (κ1) is 14.8. The van der Waals surface area contributed by atoms with Crippen molar-refractivity contribution in [3.05, 3.63) is 47.5 Å². The van der Waals surface area contributed by atoms with Crippen LogP contribution in [0.2, 0.25) is 0 Å². The van der Waals surface area contributed by atoms with Crippen LogP contribution in [0.1, 0.15) is 50.7 Å².